The summed E-state index contributed by atoms with van der Waals surface area (Å²) in [6.45, 7) is 0.386. The first-order valence-electron chi connectivity index (χ1n) is 6.25. The van der Waals surface area contributed by atoms with Gasteiger partial charge in [0, 0.05) is 18.7 Å². The van der Waals surface area contributed by atoms with Crippen LogP contribution in [0.1, 0.15) is 6.42 Å². The van der Waals surface area contributed by atoms with Crippen LogP contribution in [0.5, 0.6) is 0 Å². The molecule has 20 heavy (non-hydrogen) atoms. The Morgan fingerprint density at radius 3 is 2.60 bits per heavy atom. The molecule has 0 bridgehead atoms. The number of nitrogens with one attached hydrogen (secondary N) is 1. The van der Waals surface area contributed by atoms with Crippen LogP contribution < -0.4 is 10.3 Å². The predicted octanol–water partition coefficient (Wildman–Crippen LogP) is 0.401. The van der Waals surface area contributed by atoms with Gasteiger partial charge in [-0.3, -0.25) is 15.0 Å². The normalized spacial score (nSPS) is 18.3. The fourth-order valence-corrected chi connectivity index (χ4v) is 2.22. The van der Waals surface area contributed by atoms with Crippen LogP contribution in [0.25, 0.3) is 0 Å². The topological polar surface area (TPSA) is 80.1 Å². The van der Waals surface area contributed by atoms with Crippen LogP contribution in [0.3, 0.4) is 0 Å². The number of hydrogen-bond acceptors (Lipinski definition) is 4. The quantitative estimate of drug-likeness (QED) is 0.876. The van der Waals surface area contributed by atoms with E-state index in [0.717, 1.165) is 5.69 Å². The summed E-state index contributed by atoms with van der Waals surface area (Å²) in [5, 5.41) is 7.20. The highest BCUT2D eigenvalue weighted by Crippen LogP contribution is 2.24. The van der Waals surface area contributed by atoms with E-state index in [-0.39, 0.29) is 24.2 Å². The van der Waals surface area contributed by atoms with Crippen molar-refractivity contribution >= 4 is 17.5 Å². The Labute approximate surface area is 115 Å². The van der Waals surface area contributed by atoms with Crippen LogP contribution in [-0.2, 0) is 9.59 Å². The standard InChI is InChI=1S/C13H13N5O2/c19-12-6-10(13(20)16-17-8-14-15-9-17)7-18(12)11-4-2-1-3-5-11/h1-5,8-10H,6-7H2,(H,16,20). The molecule has 0 radical (unpaired) electrons. The van der Waals surface area contributed by atoms with Crippen molar-refractivity contribution in [2.45, 2.75) is 6.42 Å². The molecule has 0 spiro atoms. The minimum Gasteiger partial charge on any atom is -0.312 e. The average Bonchev–Trinajstić information content (AvgIpc) is 3.09. The lowest BCUT2D eigenvalue weighted by Crippen LogP contribution is -2.31. The van der Waals surface area contributed by atoms with Gasteiger partial charge < -0.3 is 4.90 Å². The summed E-state index contributed by atoms with van der Waals surface area (Å²) in [5.74, 6) is -0.623. The molecule has 2 aromatic rings. The number of amides is 2. The Morgan fingerprint density at radius 1 is 1.20 bits per heavy atom. The van der Waals surface area contributed by atoms with Crippen molar-refractivity contribution < 1.29 is 9.59 Å². The predicted molar refractivity (Wildman–Crippen MR) is 71.3 cm³/mol. The summed E-state index contributed by atoms with van der Waals surface area (Å²) in [4.78, 5) is 25.7. The number of anilines is 1. The van der Waals surface area contributed by atoms with Gasteiger partial charge in [-0.25, -0.2) is 4.68 Å². The first kappa shape index (κ1) is 12.3. The molecule has 1 N–H and O–H groups in total. The second kappa shape index (κ2) is 5.12. The highest BCUT2D eigenvalue weighted by Gasteiger charge is 2.35. The number of benzene rings is 1. The fourth-order valence-electron chi connectivity index (χ4n) is 2.22. The molecule has 1 aromatic carbocycles. The van der Waals surface area contributed by atoms with Gasteiger partial charge in [0.1, 0.15) is 12.7 Å². The molecule has 2 heterocycles. The van der Waals surface area contributed by atoms with E-state index in [4.69, 9.17) is 0 Å². The average molecular weight is 271 g/mol. The first-order chi connectivity index (χ1) is 9.74. The monoisotopic (exact) mass is 271 g/mol. The SMILES string of the molecule is O=C(Nn1cnnc1)C1CC(=O)N(c2ccccc2)C1. The van der Waals surface area contributed by atoms with E-state index in [9.17, 15) is 9.59 Å². The summed E-state index contributed by atoms with van der Waals surface area (Å²) in [6, 6.07) is 9.34. The van der Waals surface area contributed by atoms with Gasteiger partial charge in [-0.1, -0.05) is 18.2 Å². The smallest absolute Gasteiger partial charge is 0.244 e. The molecule has 1 aliphatic heterocycles. The van der Waals surface area contributed by atoms with Crippen molar-refractivity contribution in [2.24, 2.45) is 5.92 Å². The van der Waals surface area contributed by atoms with E-state index in [0.29, 0.717) is 6.54 Å². The van der Waals surface area contributed by atoms with Crippen LogP contribution >= 0.6 is 0 Å². The summed E-state index contributed by atoms with van der Waals surface area (Å²) < 4.78 is 1.37. The molecule has 1 atom stereocenters. The molecule has 7 heteroatoms. The van der Waals surface area contributed by atoms with E-state index >= 15 is 0 Å². The Hall–Kier alpha value is -2.70. The molecule has 1 aromatic heterocycles. The number of carbonyl (C=O) groups excluding carboxylic acids is 2. The molecule has 1 unspecified atom stereocenters. The molecule has 0 aliphatic carbocycles. The zero-order valence-corrected chi connectivity index (χ0v) is 10.6. The highest BCUT2D eigenvalue weighted by molar-refractivity contribution is 6.01. The maximum absolute atomic E-state index is 12.1. The van der Waals surface area contributed by atoms with Crippen LogP contribution in [0, 0.1) is 5.92 Å². The number of rotatable bonds is 3. The maximum Gasteiger partial charge on any atom is 0.244 e. The highest BCUT2D eigenvalue weighted by atomic mass is 16.2. The molecular formula is C13H13N5O2. The van der Waals surface area contributed by atoms with Gasteiger partial charge in [0.15, 0.2) is 0 Å². The summed E-state index contributed by atoms with van der Waals surface area (Å²) >= 11 is 0. The molecular weight excluding hydrogens is 258 g/mol. The minimum atomic E-state index is -0.370. The molecule has 102 valence electrons. The summed E-state index contributed by atoms with van der Waals surface area (Å²) in [5.41, 5.74) is 3.45. The van der Waals surface area contributed by atoms with Crippen LogP contribution in [0.4, 0.5) is 5.69 Å². The second-order valence-electron chi connectivity index (χ2n) is 4.59. The van der Waals surface area contributed by atoms with Gasteiger partial charge >= 0.3 is 0 Å². The zero-order valence-electron chi connectivity index (χ0n) is 10.6. The van der Waals surface area contributed by atoms with E-state index in [1.165, 1.54) is 17.3 Å². The van der Waals surface area contributed by atoms with E-state index in [1.54, 1.807) is 4.90 Å². The fraction of sp³-hybridized carbons (Fsp3) is 0.231. The molecule has 7 nitrogen and oxygen atoms in total. The molecule has 1 saturated heterocycles. The van der Waals surface area contributed by atoms with Gasteiger partial charge in [-0.15, -0.1) is 10.2 Å². The van der Waals surface area contributed by atoms with Crippen molar-refractivity contribution in [3.05, 3.63) is 43.0 Å². The van der Waals surface area contributed by atoms with Gasteiger partial charge in [-0.05, 0) is 12.1 Å². The van der Waals surface area contributed by atoms with Gasteiger partial charge in [0.25, 0.3) is 0 Å². The lowest BCUT2D eigenvalue weighted by molar-refractivity contribution is -0.123. The second-order valence-corrected chi connectivity index (χ2v) is 4.59. The third-order valence-corrected chi connectivity index (χ3v) is 3.22. The summed E-state index contributed by atoms with van der Waals surface area (Å²) in [7, 11) is 0. The third-order valence-electron chi connectivity index (χ3n) is 3.22. The Kier molecular flexibility index (Phi) is 3.16. The zero-order chi connectivity index (χ0) is 13.9. The Balaban J connectivity index is 1.69. The Morgan fingerprint density at radius 2 is 1.90 bits per heavy atom. The lowest BCUT2D eigenvalue weighted by atomic mass is 10.1. The molecule has 2 amide bonds. The molecule has 1 aliphatic rings. The van der Waals surface area contributed by atoms with Crippen LogP contribution in [-0.4, -0.2) is 33.2 Å². The van der Waals surface area contributed by atoms with Crippen molar-refractivity contribution in [3.63, 3.8) is 0 Å². The first-order valence-corrected chi connectivity index (χ1v) is 6.25. The van der Waals surface area contributed by atoms with Gasteiger partial charge in [-0.2, -0.15) is 0 Å². The summed E-state index contributed by atoms with van der Waals surface area (Å²) in [6.07, 6.45) is 3.00. The van der Waals surface area contributed by atoms with Crippen molar-refractivity contribution in [2.75, 3.05) is 16.9 Å². The number of hydrogen-bond donors (Lipinski definition) is 1. The van der Waals surface area contributed by atoms with Crippen LogP contribution in [0.15, 0.2) is 43.0 Å². The largest absolute Gasteiger partial charge is 0.312 e. The van der Waals surface area contributed by atoms with Gasteiger partial charge in [0.2, 0.25) is 11.8 Å². The number of para-hydroxylation sites is 1. The lowest BCUT2D eigenvalue weighted by Gasteiger charge is -2.16. The van der Waals surface area contributed by atoms with E-state index < -0.39 is 0 Å². The number of carbonyl (C=O) groups is 2. The molecule has 0 saturated carbocycles. The van der Waals surface area contributed by atoms with Crippen molar-refractivity contribution in [3.8, 4) is 0 Å². The van der Waals surface area contributed by atoms with Crippen molar-refractivity contribution in [1.82, 2.24) is 14.9 Å². The maximum atomic E-state index is 12.1. The van der Waals surface area contributed by atoms with E-state index in [1.807, 2.05) is 30.3 Å². The van der Waals surface area contributed by atoms with E-state index in [2.05, 4.69) is 15.6 Å². The van der Waals surface area contributed by atoms with Crippen molar-refractivity contribution in [1.29, 1.82) is 0 Å². The van der Waals surface area contributed by atoms with Crippen LogP contribution in [0.2, 0.25) is 0 Å². The Bertz CT molecular complexity index is 611. The molecule has 1 fully saturated rings. The minimum absolute atomic E-state index is 0.0416. The number of nitrogens with zero attached hydrogens (tertiary/aromatic N) is 4. The third kappa shape index (κ3) is 2.37. The van der Waals surface area contributed by atoms with Gasteiger partial charge in [0.05, 0.1) is 5.92 Å². The number of aromatic nitrogens is 3. The molecule has 3 rings (SSSR count).